The molecule has 1 aliphatic heterocycles. The molecule has 0 aliphatic carbocycles. The minimum Gasteiger partial charge on any atom is -0.507 e. The van der Waals surface area contributed by atoms with Crippen LogP contribution in [0, 0.1) is 5.82 Å². The van der Waals surface area contributed by atoms with E-state index in [-0.39, 0.29) is 16.9 Å². The first-order valence-corrected chi connectivity index (χ1v) is 10.6. The molecule has 0 saturated carbocycles. The third-order valence-corrected chi connectivity index (χ3v) is 5.81. The highest BCUT2D eigenvalue weighted by Crippen LogP contribution is 2.43. The third-order valence-electron chi connectivity index (χ3n) is 5.81. The minimum absolute atomic E-state index is 0.00610. The van der Waals surface area contributed by atoms with E-state index >= 15 is 0 Å². The summed E-state index contributed by atoms with van der Waals surface area (Å²) in [6.07, 6.45) is 0. The molecule has 1 aliphatic rings. The quantitative estimate of drug-likeness (QED) is 0.316. The lowest BCUT2D eigenvalue weighted by atomic mass is 9.94. The topological polar surface area (TPSA) is 66.8 Å². The van der Waals surface area contributed by atoms with Gasteiger partial charge in [0.1, 0.15) is 17.3 Å². The Morgan fingerprint density at radius 2 is 1.67 bits per heavy atom. The SMILES string of the molecule is COc1ccc(F)cc1/C(O)=C1\C(=O)C(=O)N(c2ccc(C(C)C)cc2)C1c1ccccc1. The van der Waals surface area contributed by atoms with E-state index in [1.165, 1.54) is 24.1 Å². The summed E-state index contributed by atoms with van der Waals surface area (Å²) < 4.78 is 19.3. The Bertz CT molecular complexity index is 1230. The Labute approximate surface area is 191 Å². The number of ether oxygens (including phenoxy) is 1. The summed E-state index contributed by atoms with van der Waals surface area (Å²) in [7, 11) is 1.38. The van der Waals surface area contributed by atoms with E-state index in [0.717, 1.165) is 11.6 Å². The van der Waals surface area contributed by atoms with Crippen molar-refractivity contribution in [3.63, 3.8) is 0 Å². The van der Waals surface area contributed by atoms with Crippen LogP contribution in [0.1, 0.15) is 42.5 Å². The van der Waals surface area contributed by atoms with Gasteiger partial charge < -0.3 is 9.84 Å². The van der Waals surface area contributed by atoms with Gasteiger partial charge in [-0.15, -0.1) is 0 Å². The average Bonchev–Trinajstić information content (AvgIpc) is 3.09. The van der Waals surface area contributed by atoms with Crippen LogP contribution in [0.15, 0.2) is 78.4 Å². The highest BCUT2D eigenvalue weighted by atomic mass is 19.1. The highest BCUT2D eigenvalue weighted by molar-refractivity contribution is 6.51. The molecule has 168 valence electrons. The van der Waals surface area contributed by atoms with Crippen molar-refractivity contribution in [2.45, 2.75) is 25.8 Å². The fraction of sp³-hybridized carbons (Fsp3) is 0.185. The first-order chi connectivity index (χ1) is 15.8. The predicted molar refractivity (Wildman–Crippen MR) is 125 cm³/mol. The number of benzene rings is 3. The number of aliphatic hydroxyl groups excluding tert-OH is 1. The molecule has 1 amide bonds. The molecular weight excluding hydrogens is 421 g/mol. The van der Waals surface area contributed by atoms with Crippen LogP contribution in [0.4, 0.5) is 10.1 Å². The first-order valence-electron chi connectivity index (χ1n) is 10.6. The molecule has 0 radical (unpaired) electrons. The van der Waals surface area contributed by atoms with Crippen molar-refractivity contribution in [1.29, 1.82) is 0 Å². The number of Topliss-reactive ketones (excluding diaryl/α,β-unsaturated/α-hetero) is 1. The summed E-state index contributed by atoms with van der Waals surface area (Å²) in [4.78, 5) is 27.8. The van der Waals surface area contributed by atoms with E-state index in [2.05, 4.69) is 13.8 Å². The van der Waals surface area contributed by atoms with E-state index in [4.69, 9.17) is 4.74 Å². The molecule has 0 aromatic heterocycles. The normalized spacial score (nSPS) is 17.6. The number of amides is 1. The fourth-order valence-electron chi connectivity index (χ4n) is 4.08. The molecule has 1 atom stereocenters. The van der Waals surface area contributed by atoms with Crippen molar-refractivity contribution < 1.29 is 23.8 Å². The summed E-state index contributed by atoms with van der Waals surface area (Å²) in [5.74, 6) is -2.21. The van der Waals surface area contributed by atoms with Gasteiger partial charge in [0, 0.05) is 5.69 Å². The molecule has 4 rings (SSSR count). The molecule has 0 bridgehead atoms. The maximum Gasteiger partial charge on any atom is 0.300 e. The van der Waals surface area contributed by atoms with E-state index in [9.17, 15) is 19.1 Å². The zero-order chi connectivity index (χ0) is 23.7. The van der Waals surface area contributed by atoms with Crippen LogP contribution < -0.4 is 9.64 Å². The lowest BCUT2D eigenvalue weighted by Gasteiger charge is -2.26. The van der Waals surface area contributed by atoms with Crippen molar-refractivity contribution >= 4 is 23.1 Å². The van der Waals surface area contributed by atoms with Crippen molar-refractivity contribution in [2.75, 3.05) is 12.0 Å². The minimum atomic E-state index is -0.885. The van der Waals surface area contributed by atoms with E-state index in [1.807, 2.05) is 18.2 Å². The number of aliphatic hydroxyl groups is 1. The average molecular weight is 445 g/mol. The molecule has 1 saturated heterocycles. The van der Waals surface area contributed by atoms with E-state index < -0.39 is 29.3 Å². The van der Waals surface area contributed by atoms with Crippen LogP contribution in [0.3, 0.4) is 0 Å². The standard InChI is InChI=1S/C27H24FNO4/c1-16(2)17-9-12-20(13-10-17)29-24(18-7-5-4-6-8-18)23(26(31)27(29)32)25(30)21-15-19(28)11-14-22(21)33-3/h4-16,24,30H,1-3H3/b25-23+. The molecule has 1 N–H and O–H groups in total. The van der Waals surface area contributed by atoms with Gasteiger partial charge in [0.15, 0.2) is 0 Å². The Morgan fingerprint density at radius 3 is 2.27 bits per heavy atom. The molecule has 6 heteroatoms. The van der Waals surface area contributed by atoms with Crippen LogP contribution in [0.5, 0.6) is 5.75 Å². The van der Waals surface area contributed by atoms with Crippen LogP contribution in [0.25, 0.3) is 5.76 Å². The highest BCUT2D eigenvalue weighted by Gasteiger charge is 2.47. The number of hydrogen-bond acceptors (Lipinski definition) is 4. The number of carbonyl (C=O) groups excluding carboxylic acids is 2. The maximum absolute atomic E-state index is 14.0. The Kier molecular flexibility index (Phi) is 6.01. The van der Waals surface area contributed by atoms with Gasteiger partial charge in [-0.1, -0.05) is 56.3 Å². The summed E-state index contributed by atoms with van der Waals surface area (Å²) >= 11 is 0. The Morgan fingerprint density at radius 1 is 1.00 bits per heavy atom. The van der Waals surface area contributed by atoms with Gasteiger partial charge in [-0.25, -0.2) is 4.39 Å². The lowest BCUT2D eigenvalue weighted by molar-refractivity contribution is -0.132. The second-order valence-electron chi connectivity index (χ2n) is 8.17. The monoisotopic (exact) mass is 445 g/mol. The summed E-state index contributed by atoms with van der Waals surface area (Å²) in [5, 5.41) is 11.2. The van der Waals surface area contributed by atoms with E-state index in [1.54, 1.807) is 36.4 Å². The first kappa shape index (κ1) is 22.3. The number of halogens is 1. The van der Waals surface area contributed by atoms with Crippen molar-refractivity contribution in [2.24, 2.45) is 0 Å². The molecule has 5 nitrogen and oxygen atoms in total. The number of rotatable bonds is 5. The van der Waals surface area contributed by atoms with Crippen molar-refractivity contribution in [3.8, 4) is 5.75 Å². The molecule has 33 heavy (non-hydrogen) atoms. The number of nitrogens with zero attached hydrogens (tertiary/aromatic N) is 1. The van der Waals surface area contributed by atoms with Crippen molar-refractivity contribution in [3.05, 3.63) is 101 Å². The number of hydrogen-bond donors (Lipinski definition) is 1. The van der Waals surface area contributed by atoms with Crippen LogP contribution in [0.2, 0.25) is 0 Å². The van der Waals surface area contributed by atoms with Crippen LogP contribution in [-0.4, -0.2) is 23.9 Å². The molecule has 1 unspecified atom stereocenters. The van der Waals surface area contributed by atoms with Gasteiger partial charge in [0.05, 0.1) is 24.3 Å². The second kappa shape index (κ2) is 8.90. The summed E-state index contributed by atoms with van der Waals surface area (Å²) in [6.45, 7) is 4.13. The Balaban J connectivity index is 1.94. The zero-order valence-corrected chi connectivity index (χ0v) is 18.6. The second-order valence-corrected chi connectivity index (χ2v) is 8.17. The third kappa shape index (κ3) is 4.00. The molecule has 3 aromatic carbocycles. The van der Waals surface area contributed by atoms with Gasteiger partial charge >= 0.3 is 0 Å². The maximum atomic E-state index is 14.0. The molecule has 3 aromatic rings. The van der Waals surface area contributed by atoms with Gasteiger partial charge in [0.2, 0.25) is 0 Å². The van der Waals surface area contributed by atoms with Gasteiger partial charge in [-0.05, 0) is 47.4 Å². The van der Waals surface area contributed by atoms with Gasteiger partial charge in [-0.2, -0.15) is 0 Å². The van der Waals surface area contributed by atoms with Gasteiger partial charge in [0.25, 0.3) is 11.7 Å². The molecule has 0 spiro atoms. The smallest absolute Gasteiger partial charge is 0.300 e. The van der Waals surface area contributed by atoms with Crippen LogP contribution >= 0.6 is 0 Å². The van der Waals surface area contributed by atoms with Crippen molar-refractivity contribution in [1.82, 2.24) is 0 Å². The van der Waals surface area contributed by atoms with Crippen LogP contribution in [-0.2, 0) is 9.59 Å². The molecular formula is C27H24FNO4. The predicted octanol–water partition coefficient (Wildman–Crippen LogP) is 5.58. The van der Waals surface area contributed by atoms with Gasteiger partial charge in [-0.3, -0.25) is 14.5 Å². The number of methoxy groups -OCH3 is 1. The Hall–Kier alpha value is -3.93. The fourth-order valence-corrected chi connectivity index (χ4v) is 4.08. The number of carbonyl (C=O) groups is 2. The zero-order valence-electron chi connectivity index (χ0n) is 18.6. The molecule has 1 fully saturated rings. The number of ketones is 1. The molecule has 1 heterocycles. The summed E-state index contributed by atoms with van der Waals surface area (Å²) in [5.41, 5.74) is 2.15. The number of anilines is 1. The largest absolute Gasteiger partial charge is 0.507 e. The van der Waals surface area contributed by atoms with E-state index in [0.29, 0.717) is 17.2 Å². The lowest BCUT2D eigenvalue weighted by Crippen LogP contribution is -2.29. The summed E-state index contributed by atoms with van der Waals surface area (Å²) in [6, 6.07) is 19.1.